The Labute approximate surface area is 260 Å². The largest absolute Gasteiger partial charge is 0.506 e. The van der Waals surface area contributed by atoms with Crippen molar-refractivity contribution < 1.29 is 15.0 Å². The molecule has 2 aliphatic rings. The first-order valence-electron chi connectivity index (χ1n) is 14.3. The number of anilines is 5. The number of nitrogens with two attached hydrogens (primary N) is 3. The second-order valence-electron chi connectivity index (χ2n) is 11.2. The van der Waals surface area contributed by atoms with Gasteiger partial charge in [0, 0.05) is 61.1 Å². The van der Waals surface area contributed by atoms with Gasteiger partial charge in [0.25, 0.3) is 5.91 Å². The van der Waals surface area contributed by atoms with Crippen LogP contribution < -0.4 is 37.6 Å². The number of nitrogens with zero attached hydrogens (tertiary/aromatic N) is 5. The highest BCUT2D eigenvalue weighted by molar-refractivity contribution is 6.09. The van der Waals surface area contributed by atoms with Crippen molar-refractivity contribution in [2.45, 2.75) is 37.1 Å². The number of aromatic nitrogens is 3. The number of hydrogen-bond acceptors (Lipinski definition) is 12. The van der Waals surface area contributed by atoms with Gasteiger partial charge >= 0.3 is 0 Å². The molecule has 2 aliphatic heterocycles. The van der Waals surface area contributed by atoms with Crippen LogP contribution in [0, 0.1) is 0 Å². The van der Waals surface area contributed by atoms with Crippen LogP contribution in [0.15, 0.2) is 60.7 Å². The first-order valence-corrected chi connectivity index (χ1v) is 14.3. The number of carbonyl (C=O) groups excluding carboxylic acids is 1. The maximum atomic E-state index is 13.0. The van der Waals surface area contributed by atoms with Crippen molar-refractivity contribution in [3.63, 3.8) is 0 Å². The van der Waals surface area contributed by atoms with E-state index in [0.29, 0.717) is 67.2 Å². The van der Waals surface area contributed by atoms with E-state index >= 15 is 0 Å². The topological polar surface area (TPSA) is 205 Å². The number of phenolic OH excluding ortho intramolecular Hbond substituents is 1. The molecule has 4 atom stereocenters. The van der Waals surface area contributed by atoms with Crippen LogP contribution in [0.25, 0.3) is 10.8 Å². The smallest absolute Gasteiger partial charge is 0.259 e. The monoisotopic (exact) mass is 620 g/mol. The van der Waals surface area contributed by atoms with Crippen molar-refractivity contribution in [2.24, 2.45) is 17.2 Å². The van der Waals surface area contributed by atoms with Crippen molar-refractivity contribution in [1.29, 1.82) is 0 Å². The molecule has 2 fully saturated rings. The van der Waals surface area contributed by atoms with E-state index in [1.165, 1.54) is 0 Å². The van der Waals surface area contributed by atoms with Crippen molar-refractivity contribution in [2.75, 3.05) is 46.6 Å². The van der Waals surface area contributed by atoms with E-state index in [1.54, 1.807) is 42.5 Å². The highest BCUT2D eigenvalue weighted by Gasteiger charge is 2.33. The Hall–Kier alpha value is -4.27. The second-order valence-corrected chi connectivity index (χ2v) is 11.2. The number of aromatic hydroxyl groups is 1. The number of β-amino-alcohol motifs (C(OH)–C–C–N with tert-alkyl or cyclic N) is 1. The average Bonchev–Trinajstić information content (AvgIpc) is 3.38. The number of carbonyl (C=O) groups is 1. The molecule has 3 heterocycles. The van der Waals surface area contributed by atoms with Gasteiger partial charge in [-0.15, -0.1) is 12.4 Å². The number of nitrogens with one attached hydrogen (secondary N) is 2. The number of fused-ring (bicyclic) bond motifs is 1. The molecule has 6 rings (SSSR count). The molecule has 0 radical (unpaired) electrons. The maximum Gasteiger partial charge on any atom is 0.259 e. The fourth-order valence-electron chi connectivity index (χ4n) is 5.78. The lowest BCUT2D eigenvalue weighted by Crippen LogP contribution is -2.53. The zero-order valence-corrected chi connectivity index (χ0v) is 24.8. The number of hydrogen-bond donors (Lipinski definition) is 7. The van der Waals surface area contributed by atoms with E-state index in [-0.39, 0.29) is 41.8 Å². The lowest BCUT2D eigenvalue weighted by molar-refractivity contribution is 0.102. The molecule has 4 aromatic rings. The minimum Gasteiger partial charge on any atom is -0.506 e. The van der Waals surface area contributed by atoms with E-state index in [1.807, 2.05) is 28.0 Å². The Bertz CT molecular complexity index is 1620. The molecule has 0 aliphatic carbocycles. The van der Waals surface area contributed by atoms with E-state index in [9.17, 15) is 15.0 Å². The lowest BCUT2D eigenvalue weighted by atomic mass is 10.0. The Morgan fingerprint density at radius 3 is 2.30 bits per heavy atom. The Balaban J connectivity index is 0.00000384. The van der Waals surface area contributed by atoms with Crippen LogP contribution in [-0.4, -0.2) is 81.5 Å². The predicted molar refractivity (Wildman–Crippen MR) is 174 cm³/mol. The molecule has 1 aromatic heterocycles. The number of halogens is 1. The number of rotatable bonds is 7. The molecule has 14 heteroatoms. The van der Waals surface area contributed by atoms with Gasteiger partial charge in [-0.05, 0) is 48.6 Å². The summed E-state index contributed by atoms with van der Waals surface area (Å²) in [6.45, 7) is 1.83. The minimum atomic E-state index is -0.527. The first-order chi connectivity index (χ1) is 20.8. The van der Waals surface area contributed by atoms with Crippen LogP contribution in [-0.2, 0) is 0 Å². The maximum absolute atomic E-state index is 13.0. The average molecular weight is 621 g/mol. The van der Waals surface area contributed by atoms with Gasteiger partial charge in [-0.3, -0.25) is 4.79 Å². The van der Waals surface area contributed by atoms with Gasteiger partial charge in [-0.1, -0.05) is 30.3 Å². The summed E-state index contributed by atoms with van der Waals surface area (Å²) < 4.78 is 0. The SMILES string of the molecule is Cl.NC[C@@H]1C[C@H](O)CN1c1nc(Nc2ccc(NC(=O)c3ccc4ccccc4c3O)cc2)nc(N2C[C@H](N)C[C@H](N)C2)n1. The molecule has 10 N–H and O–H groups in total. The minimum absolute atomic E-state index is 0. The standard InChI is InChI=1S/C30H36N10O3.ClH/c31-13-22-12-23(41)16-40(22)30-37-28(36-29(38-30)39-14-18(32)11-19(33)15-39)35-21-8-6-20(7-9-21)34-27(43)25-10-5-17-3-1-2-4-24(17)26(25)42;/h1-10,18-19,22-23,41-42H,11-16,31-33H2,(H,34,43)(H,35,36,37,38);1H/t18-,19+,22-,23-;/m0./s1. The van der Waals surface area contributed by atoms with Crippen LogP contribution >= 0.6 is 12.4 Å². The lowest BCUT2D eigenvalue weighted by Gasteiger charge is -2.35. The molecule has 1 amide bonds. The van der Waals surface area contributed by atoms with Crippen LogP contribution in [0.2, 0.25) is 0 Å². The summed E-state index contributed by atoms with van der Waals surface area (Å²) in [7, 11) is 0. The molecule has 0 saturated carbocycles. The van der Waals surface area contributed by atoms with Crippen LogP contribution in [0.5, 0.6) is 5.75 Å². The van der Waals surface area contributed by atoms with Gasteiger partial charge in [0.1, 0.15) is 5.75 Å². The number of aliphatic hydroxyl groups excluding tert-OH is 1. The molecule has 3 aromatic carbocycles. The van der Waals surface area contributed by atoms with Crippen molar-refractivity contribution in [3.8, 4) is 5.75 Å². The predicted octanol–water partition coefficient (Wildman–Crippen LogP) is 1.91. The molecule has 2 saturated heterocycles. The Kier molecular flexibility index (Phi) is 9.32. The van der Waals surface area contributed by atoms with E-state index in [0.717, 1.165) is 11.8 Å². The Morgan fingerprint density at radius 2 is 1.57 bits per heavy atom. The van der Waals surface area contributed by atoms with Gasteiger partial charge in [-0.2, -0.15) is 15.0 Å². The normalized spacial score (nSPS) is 21.6. The van der Waals surface area contributed by atoms with E-state index in [2.05, 4.69) is 20.6 Å². The molecule has 0 spiro atoms. The third-order valence-electron chi connectivity index (χ3n) is 7.88. The summed E-state index contributed by atoms with van der Waals surface area (Å²) >= 11 is 0. The van der Waals surface area contributed by atoms with E-state index in [4.69, 9.17) is 22.2 Å². The third kappa shape index (κ3) is 6.61. The summed E-state index contributed by atoms with van der Waals surface area (Å²) in [6, 6.07) is 17.5. The third-order valence-corrected chi connectivity index (χ3v) is 7.88. The molecular formula is C30H37ClN10O3. The van der Waals surface area contributed by atoms with Gasteiger partial charge in [0.05, 0.1) is 11.7 Å². The zero-order valence-electron chi connectivity index (χ0n) is 24.0. The zero-order chi connectivity index (χ0) is 30.1. The second kappa shape index (κ2) is 13.2. The number of benzene rings is 3. The summed E-state index contributed by atoms with van der Waals surface area (Å²) in [6.07, 6.45) is 0.724. The van der Waals surface area contributed by atoms with Crippen molar-refractivity contribution >= 4 is 58.3 Å². The summed E-state index contributed by atoms with van der Waals surface area (Å²) in [4.78, 5) is 30.9. The number of piperidine rings is 1. The molecule has 13 nitrogen and oxygen atoms in total. The van der Waals surface area contributed by atoms with Gasteiger partial charge < -0.3 is 47.8 Å². The fraction of sp³-hybridized carbons (Fsp3) is 0.333. The highest BCUT2D eigenvalue weighted by Crippen LogP contribution is 2.30. The van der Waals surface area contributed by atoms with Gasteiger partial charge in [0.15, 0.2) is 0 Å². The first kappa shape index (κ1) is 31.2. The summed E-state index contributed by atoms with van der Waals surface area (Å²) in [5.41, 5.74) is 19.9. The summed E-state index contributed by atoms with van der Waals surface area (Å²) in [5, 5.41) is 28.5. The van der Waals surface area contributed by atoms with Crippen LogP contribution in [0.3, 0.4) is 0 Å². The van der Waals surface area contributed by atoms with Crippen LogP contribution in [0.1, 0.15) is 23.2 Å². The molecular weight excluding hydrogens is 584 g/mol. The Morgan fingerprint density at radius 1 is 0.886 bits per heavy atom. The quantitative estimate of drug-likeness (QED) is 0.158. The van der Waals surface area contributed by atoms with Gasteiger partial charge in [0.2, 0.25) is 17.8 Å². The highest BCUT2D eigenvalue weighted by atomic mass is 35.5. The number of amides is 1. The molecule has 232 valence electrons. The molecule has 44 heavy (non-hydrogen) atoms. The van der Waals surface area contributed by atoms with Gasteiger partial charge in [-0.25, -0.2) is 0 Å². The van der Waals surface area contributed by atoms with E-state index < -0.39 is 12.0 Å². The van der Waals surface area contributed by atoms with Crippen molar-refractivity contribution in [1.82, 2.24) is 15.0 Å². The summed E-state index contributed by atoms with van der Waals surface area (Å²) in [5.74, 6) is 0.674. The van der Waals surface area contributed by atoms with Crippen molar-refractivity contribution in [3.05, 3.63) is 66.2 Å². The molecule has 0 bridgehead atoms. The fourth-order valence-corrected chi connectivity index (χ4v) is 5.78. The number of phenols is 1. The molecule has 0 unspecified atom stereocenters. The van der Waals surface area contributed by atoms with Crippen LogP contribution in [0.4, 0.5) is 29.2 Å². The number of aliphatic hydroxyl groups is 1.